The van der Waals surface area contributed by atoms with Gasteiger partial charge in [0.05, 0.1) is 22.6 Å². The molecule has 0 radical (unpaired) electrons. The first-order valence-corrected chi connectivity index (χ1v) is 15.9. The number of nitrogens with zero attached hydrogens (tertiary/aromatic N) is 1. The summed E-state index contributed by atoms with van der Waals surface area (Å²) >= 11 is 12.4. The molecule has 3 aromatic rings. The quantitative estimate of drug-likeness (QED) is 0.288. The van der Waals surface area contributed by atoms with E-state index < -0.39 is 9.84 Å². The molecule has 0 aliphatic carbocycles. The van der Waals surface area contributed by atoms with E-state index in [1.165, 1.54) is 25.0 Å². The van der Waals surface area contributed by atoms with Crippen LogP contribution in [0.25, 0.3) is 11.6 Å². The molecule has 3 N–H and O–H groups in total. The Labute approximate surface area is 250 Å². The van der Waals surface area contributed by atoms with Gasteiger partial charge in [-0.3, -0.25) is 9.59 Å². The summed E-state index contributed by atoms with van der Waals surface area (Å²) in [6, 6.07) is 9.39. The number of nitrogens with one attached hydrogen (secondary N) is 3. The number of H-pyrrole nitrogens is 1. The van der Waals surface area contributed by atoms with E-state index in [4.69, 9.17) is 23.2 Å². The van der Waals surface area contributed by atoms with E-state index in [0.29, 0.717) is 34.6 Å². The zero-order valence-electron chi connectivity index (χ0n) is 22.9. The van der Waals surface area contributed by atoms with Crippen molar-refractivity contribution in [3.63, 3.8) is 0 Å². The van der Waals surface area contributed by atoms with Crippen LogP contribution in [0.1, 0.15) is 46.5 Å². The molecule has 1 saturated heterocycles. The zero-order valence-corrected chi connectivity index (χ0v) is 25.3. The molecule has 2 amide bonds. The van der Waals surface area contributed by atoms with Gasteiger partial charge in [0, 0.05) is 51.3 Å². The number of hydrogen-bond donors (Lipinski definition) is 3. The number of hydrogen-bond acceptors (Lipinski definition) is 5. The first-order valence-electron chi connectivity index (χ1n) is 13.5. The van der Waals surface area contributed by atoms with Crippen LogP contribution in [0.3, 0.4) is 0 Å². The van der Waals surface area contributed by atoms with Crippen molar-refractivity contribution in [1.29, 1.82) is 0 Å². The summed E-state index contributed by atoms with van der Waals surface area (Å²) in [6.07, 6.45) is 4.36. The maximum atomic E-state index is 13.3. The molecular formula is C30H32Cl2N4O4S. The summed E-state index contributed by atoms with van der Waals surface area (Å²) in [5.41, 5.74) is 4.94. The summed E-state index contributed by atoms with van der Waals surface area (Å²) in [5, 5.41) is 6.36. The molecule has 2 aliphatic rings. The number of benzene rings is 2. The van der Waals surface area contributed by atoms with Gasteiger partial charge in [-0.25, -0.2) is 8.42 Å². The highest BCUT2D eigenvalue weighted by atomic mass is 35.5. The lowest BCUT2D eigenvalue weighted by atomic mass is 10.0. The second-order valence-electron chi connectivity index (χ2n) is 10.5. The third-order valence-corrected chi connectivity index (χ3v) is 10.1. The first kappa shape index (κ1) is 29.4. The van der Waals surface area contributed by atoms with Gasteiger partial charge < -0.3 is 20.5 Å². The molecule has 1 fully saturated rings. The van der Waals surface area contributed by atoms with E-state index >= 15 is 0 Å². The van der Waals surface area contributed by atoms with Crippen LogP contribution in [-0.2, 0) is 31.6 Å². The fourth-order valence-electron chi connectivity index (χ4n) is 5.40. The van der Waals surface area contributed by atoms with E-state index in [2.05, 4.69) is 20.5 Å². The summed E-state index contributed by atoms with van der Waals surface area (Å²) in [6.45, 7) is 7.45. The van der Waals surface area contributed by atoms with E-state index in [1.807, 2.05) is 13.8 Å². The van der Waals surface area contributed by atoms with Crippen LogP contribution in [0, 0.1) is 13.8 Å². The lowest BCUT2D eigenvalue weighted by Gasteiger charge is -2.14. The average molecular weight is 616 g/mol. The normalized spacial score (nSPS) is 16.3. The number of fused-ring (bicyclic) bond motifs is 1. The maximum absolute atomic E-state index is 13.3. The second kappa shape index (κ2) is 12.0. The van der Waals surface area contributed by atoms with Gasteiger partial charge in [0.15, 0.2) is 9.84 Å². The summed E-state index contributed by atoms with van der Waals surface area (Å²) in [7, 11) is -3.82. The molecule has 2 aromatic carbocycles. The van der Waals surface area contributed by atoms with Crippen molar-refractivity contribution in [2.45, 2.75) is 43.8 Å². The Hall–Kier alpha value is -3.11. The Morgan fingerprint density at radius 2 is 1.78 bits per heavy atom. The predicted molar refractivity (Wildman–Crippen MR) is 163 cm³/mol. The standard InChI is InChI=1S/C30H32Cl2N4O4S/c1-18-21(16-29(37)33-10-13-36-11-3-4-12-36)19(2)34-28(18)15-23-22-14-20(8-9-27(22)35-30(23)38)41(39,40)17-24-25(31)6-5-7-26(24)32/h5-9,14-15,34H,3-4,10-13,16-17H2,1-2H3,(H,33,37)(H,35,38)/b23-15-. The molecular weight excluding hydrogens is 583 g/mol. The molecule has 2 aliphatic heterocycles. The summed E-state index contributed by atoms with van der Waals surface area (Å²) in [5.74, 6) is -0.758. The Morgan fingerprint density at radius 3 is 2.49 bits per heavy atom. The maximum Gasteiger partial charge on any atom is 0.256 e. The van der Waals surface area contributed by atoms with Gasteiger partial charge in [-0.15, -0.1) is 0 Å². The monoisotopic (exact) mass is 614 g/mol. The third kappa shape index (κ3) is 6.38. The van der Waals surface area contributed by atoms with Crippen molar-refractivity contribution in [2.24, 2.45) is 0 Å². The number of aromatic amines is 1. The number of aryl methyl sites for hydroxylation is 1. The number of anilines is 1. The molecule has 3 heterocycles. The Bertz CT molecular complexity index is 1640. The lowest BCUT2D eigenvalue weighted by Crippen LogP contribution is -2.34. The van der Waals surface area contributed by atoms with Crippen molar-refractivity contribution < 1.29 is 18.0 Å². The topological polar surface area (TPSA) is 111 Å². The van der Waals surface area contributed by atoms with Gasteiger partial charge in [-0.2, -0.15) is 0 Å². The SMILES string of the molecule is Cc1[nH]c(/C=C2\C(=O)Nc3ccc(S(=O)(=O)Cc4c(Cl)cccc4Cl)cc32)c(C)c1CC(=O)NCCN1CCCC1. The minimum absolute atomic E-state index is 0.0500. The van der Waals surface area contributed by atoms with E-state index in [1.54, 1.807) is 30.3 Å². The van der Waals surface area contributed by atoms with E-state index in [9.17, 15) is 18.0 Å². The van der Waals surface area contributed by atoms with Crippen LogP contribution >= 0.6 is 23.2 Å². The number of carbonyl (C=O) groups is 2. The zero-order chi connectivity index (χ0) is 29.3. The van der Waals surface area contributed by atoms with Gasteiger partial charge in [-0.1, -0.05) is 29.3 Å². The third-order valence-electron chi connectivity index (χ3n) is 7.74. The number of halogens is 2. The molecule has 0 unspecified atom stereocenters. The number of sulfone groups is 1. The molecule has 11 heteroatoms. The Balaban J connectivity index is 1.36. The van der Waals surface area contributed by atoms with Crippen LogP contribution < -0.4 is 10.6 Å². The molecule has 216 valence electrons. The highest BCUT2D eigenvalue weighted by molar-refractivity contribution is 7.90. The van der Waals surface area contributed by atoms with Gasteiger partial charge >= 0.3 is 0 Å². The first-order chi connectivity index (χ1) is 19.5. The second-order valence-corrected chi connectivity index (χ2v) is 13.3. The van der Waals surface area contributed by atoms with Gasteiger partial charge in [0.1, 0.15) is 0 Å². The fraction of sp³-hybridized carbons (Fsp3) is 0.333. The number of rotatable bonds is 9. The van der Waals surface area contributed by atoms with Crippen molar-refractivity contribution in [1.82, 2.24) is 15.2 Å². The lowest BCUT2D eigenvalue weighted by molar-refractivity contribution is -0.120. The Kier molecular flexibility index (Phi) is 8.61. The smallest absolute Gasteiger partial charge is 0.256 e. The van der Waals surface area contributed by atoms with Crippen LogP contribution in [0.5, 0.6) is 0 Å². The minimum atomic E-state index is -3.82. The average Bonchev–Trinajstić information content (AvgIpc) is 3.62. The fourth-order valence-corrected chi connectivity index (χ4v) is 7.52. The summed E-state index contributed by atoms with van der Waals surface area (Å²) in [4.78, 5) is 31.3. The van der Waals surface area contributed by atoms with E-state index in [-0.39, 0.29) is 38.9 Å². The summed E-state index contributed by atoms with van der Waals surface area (Å²) < 4.78 is 26.6. The predicted octanol–water partition coefficient (Wildman–Crippen LogP) is 5.16. The number of aromatic nitrogens is 1. The number of amides is 2. The van der Waals surface area contributed by atoms with Crippen LogP contribution in [0.4, 0.5) is 5.69 Å². The van der Waals surface area contributed by atoms with Crippen molar-refractivity contribution in [3.8, 4) is 0 Å². The minimum Gasteiger partial charge on any atom is -0.359 e. The number of carbonyl (C=O) groups excluding carboxylic acids is 2. The van der Waals surface area contributed by atoms with Gasteiger partial charge in [0.2, 0.25) is 5.91 Å². The highest BCUT2D eigenvalue weighted by Gasteiger charge is 2.28. The van der Waals surface area contributed by atoms with Crippen molar-refractivity contribution in [3.05, 3.63) is 80.1 Å². The van der Waals surface area contributed by atoms with Crippen LogP contribution in [-0.4, -0.2) is 56.3 Å². The Morgan fingerprint density at radius 1 is 1.07 bits per heavy atom. The molecule has 0 spiro atoms. The molecule has 0 bridgehead atoms. The van der Waals surface area contributed by atoms with Crippen molar-refractivity contribution in [2.75, 3.05) is 31.5 Å². The van der Waals surface area contributed by atoms with Crippen LogP contribution in [0.2, 0.25) is 10.0 Å². The molecule has 8 nitrogen and oxygen atoms in total. The van der Waals surface area contributed by atoms with E-state index in [0.717, 1.165) is 36.5 Å². The van der Waals surface area contributed by atoms with Gasteiger partial charge in [-0.05, 0) is 87.3 Å². The molecule has 1 aromatic heterocycles. The molecule has 41 heavy (non-hydrogen) atoms. The van der Waals surface area contributed by atoms with Crippen LogP contribution in [0.15, 0.2) is 41.3 Å². The van der Waals surface area contributed by atoms with Gasteiger partial charge in [0.25, 0.3) is 5.91 Å². The van der Waals surface area contributed by atoms with Crippen molar-refractivity contribution >= 4 is 62.2 Å². The number of likely N-dealkylation sites (tertiary alicyclic amines) is 1. The molecule has 0 atom stereocenters. The largest absolute Gasteiger partial charge is 0.359 e. The highest BCUT2D eigenvalue weighted by Crippen LogP contribution is 2.37. The molecule has 0 saturated carbocycles. The molecule has 5 rings (SSSR count).